The van der Waals surface area contributed by atoms with Crippen LogP contribution >= 0.6 is 0 Å². The molecule has 3 aromatic rings. The van der Waals surface area contributed by atoms with Gasteiger partial charge in [0.2, 0.25) is 0 Å². The first kappa shape index (κ1) is 22.6. The van der Waals surface area contributed by atoms with Crippen molar-refractivity contribution >= 4 is 11.7 Å². The van der Waals surface area contributed by atoms with E-state index in [0.717, 1.165) is 4.68 Å². The minimum Gasteiger partial charge on any atom is -0.391 e. The summed E-state index contributed by atoms with van der Waals surface area (Å²) in [6.45, 7) is -0.139. The Morgan fingerprint density at radius 3 is 2.85 bits per heavy atom. The molecule has 0 aliphatic carbocycles. The number of alkyl halides is 3. The second-order valence-electron chi connectivity index (χ2n) is 7.60. The number of aromatic nitrogens is 5. The van der Waals surface area contributed by atoms with E-state index in [1.165, 1.54) is 24.8 Å². The van der Waals surface area contributed by atoms with Gasteiger partial charge < -0.3 is 21.5 Å². The molecule has 1 fully saturated rings. The summed E-state index contributed by atoms with van der Waals surface area (Å²) >= 11 is 0. The lowest BCUT2D eigenvalue weighted by molar-refractivity contribution is -0.142. The Balaban J connectivity index is 1.57. The van der Waals surface area contributed by atoms with E-state index in [4.69, 9.17) is 5.73 Å². The van der Waals surface area contributed by atoms with Gasteiger partial charge in [-0.1, -0.05) is 0 Å². The molecule has 0 radical (unpaired) electrons. The van der Waals surface area contributed by atoms with E-state index in [1.54, 1.807) is 12.1 Å². The number of nitrogens with two attached hydrogens (primary N) is 1. The molecule has 1 saturated heterocycles. The summed E-state index contributed by atoms with van der Waals surface area (Å²) < 4.78 is 38.6. The highest BCUT2D eigenvalue weighted by Gasteiger charge is 2.29. The minimum atomic E-state index is -4.39. The van der Waals surface area contributed by atoms with Gasteiger partial charge in [0.25, 0.3) is 5.91 Å². The number of piperidine rings is 1. The lowest BCUT2D eigenvalue weighted by atomic mass is 10.0. The molecular formula is C20H21F3N8O2. The number of pyridine rings is 1. The highest BCUT2D eigenvalue weighted by molar-refractivity contribution is 5.97. The highest BCUT2D eigenvalue weighted by Crippen LogP contribution is 2.25. The number of amides is 1. The van der Waals surface area contributed by atoms with Crippen LogP contribution in [0.5, 0.6) is 0 Å². The predicted molar refractivity (Wildman–Crippen MR) is 112 cm³/mol. The van der Waals surface area contributed by atoms with E-state index in [2.05, 4.69) is 30.7 Å². The molecule has 1 unspecified atom stereocenters. The van der Waals surface area contributed by atoms with Crippen LogP contribution in [0.1, 0.15) is 16.9 Å². The molecule has 1 amide bonds. The van der Waals surface area contributed by atoms with E-state index in [1.807, 2.05) is 0 Å². The van der Waals surface area contributed by atoms with Crippen molar-refractivity contribution in [3.8, 4) is 22.5 Å². The Kier molecular flexibility index (Phi) is 6.24. The molecule has 2 atom stereocenters. The van der Waals surface area contributed by atoms with Crippen LogP contribution in [0.4, 0.5) is 19.0 Å². The maximum Gasteiger partial charge on any atom is 0.408 e. The summed E-state index contributed by atoms with van der Waals surface area (Å²) in [5, 5.41) is 19.6. The van der Waals surface area contributed by atoms with E-state index in [-0.39, 0.29) is 11.5 Å². The molecule has 5 N–H and O–H groups in total. The Bertz CT molecular complexity index is 1150. The number of rotatable bonds is 5. The van der Waals surface area contributed by atoms with Crippen molar-refractivity contribution in [2.45, 2.75) is 31.3 Å². The van der Waals surface area contributed by atoms with Crippen LogP contribution in [0.2, 0.25) is 0 Å². The standard InChI is InChI=1S/C20H21F3N8O2/c21-20(22,23)10-31-9-12(6-28-31)13-5-11(1-4-26-13)14-8-27-18(24)17(29-14)19(33)30-15-7-25-3-2-16(15)32/h1,4-6,8-9,15-16,25,32H,2-3,7,10H2,(H2,24,27)(H,30,33)/t15?,16-/m1/s1. The number of aliphatic hydroxyl groups excluding tert-OH is 1. The van der Waals surface area contributed by atoms with E-state index in [0.29, 0.717) is 42.0 Å². The largest absolute Gasteiger partial charge is 0.408 e. The van der Waals surface area contributed by atoms with Crippen molar-refractivity contribution in [3.05, 3.63) is 42.6 Å². The number of aliphatic hydroxyl groups is 1. The molecule has 13 heteroatoms. The Labute approximate surface area is 186 Å². The van der Waals surface area contributed by atoms with Crippen LogP contribution in [-0.4, -0.2) is 67.2 Å². The predicted octanol–water partition coefficient (Wildman–Crippen LogP) is 0.999. The SMILES string of the molecule is Nc1ncc(-c2ccnc(-c3cnn(CC(F)(F)F)c3)c2)nc1C(=O)NC1CNCC[C@H]1O. The topological polar surface area (TPSA) is 144 Å². The molecule has 0 bridgehead atoms. The Morgan fingerprint density at radius 1 is 1.27 bits per heavy atom. The van der Waals surface area contributed by atoms with Gasteiger partial charge in [-0.15, -0.1) is 0 Å². The fraction of sp³-hybridized carbons (Fsp3) is 0.350. The molecule has 0 saturated carbocycles. The molecule has 4 heterocycles. The van der Waals surface area contributed by atoms with Crippen molar-refractivity contribution in [1.82, 2.24) is 35.4 Å². The van der Waals surface area contributed by atoms with Gasteiger partial charge in [0.15, 0.2) is 11.5 Å². The number of carbonyl (C=O) groups is 1. The smallest absolute Gasteiger partial charge is 0.391 e. The van der Waals surface area contributed by atoms with Crippen LogP contribution in [0.25, 0.3) is 22.5 Å². The molecule has 0 spiro atoms. The van der Waals surface area contributed by atoms with Crippen LogP contribution in [0.3, 0.4) is 0 Å². The average Bonchev–Trinajstić information content (AvgIpc) is 3.22. The minimum absolute atomic E-state index is 0.0720. The summed E-state index contributed by atoms with van der Waals surface area (Å²) in [7, 11) is 0. The third kappa shape index (κ3) is 5.43. The summed E-state index contributed by atoms with van der Waals surface area (Å²) in [6, 6.07) is 2.74. The van der Waals surface area contributed by atoms with Gasteiger partial charge in [-0.25, -0.2) is 9.97 Å². The summed E-state index contributed by atoms with van der Waals surface area (Å²) in [5.74, 6) is -0.644. The molecule has 1 aliphatic rings. The molecule has 0 aromatic carbocycles. The lowest BCUT2D eigenvalue weighted by Crippen LogP contribution is -2.53. The normalized spacial score (nSPS) is 18.8. The van der Waals surface area contributed by atoms with Crippen molar-refractivity contribution in [2.75, 3.05) is 18.8 Å². The van der Waals surface area contributed by atoms with Crippen molar-refractivity contribution in [1.29, 1.82) is 0 Å². The van der Waals surface area contributed by atoms with E-state index < -0.39 is 30.8 Å². The Morgan fingerprint density at radius 2 is 2.09 bits per heavy atom. The molecule has 1 aliphatic heterocycles. The fourth-order valence-electron chi connectivity index (χ4n) is 3.45. The van der Waals surface area contributed by atoms with Crippen LogP contribution in [0.15, 0.2) is 36.9 Å². The van der Waals surface area contributed by atoms with Crippen molar-refractivity contribution in [2.24, 2.45) is 0 Å². The second kappa shape index (κ2) is 9.11. The van der Waals surface area contributed by atoms with Crippen molar-refractivity contribution < 1.29 is 23.1 Å². The number of hydrogen-bond donors (Lipinski definition) is 4. The number of halogens is 3. The average molecular weight is 462 g/mol. The molecular weight excluding hydrogens is 441 g/mol. The Hall–Kier alpha value is -3.58. The molecule has 33 heavy (non-hydrogen) atoms. The summed E-state index contributed by atoms with van der Waals surface area (Å²) in [5.41, 5.74) is 7.38. The van der Waals surface area contributed by atoms with Gasteiger partial charge in [0, 0.05) is 30.1 Å². The molecule has 4 rings (SSSR count). The number of anilines is 1. The van der Waals surface area contributed by atoms with Gasteiger partial charge in [0.1, 0.15) is 6.54 Å². The van der Waals surface area contributed by atoms with Crippen LogP contribution in [0, 0.1) is 0 Å². The second-order valence-corrected chi connectivity index (χ2v) is 7.60. The van der Waals surface area contributed by atoms with E-state index >= 15 is 0 Å². The maximum absolute atomic E-state index is 12.7. The van der Waals surface area contributed by atoms with Gasteiger partial charge in [-0.05, 0) is 25.1 Å². The summed E-state index contributed by atoms with van der Waals surface area (Å²) in [4.78, 5) is 25.3. The van der Waals surface area contributed by atoms with Crippen LogP contribution < -0.4 is 16.4 Å². The third-order valence-electron chi connectivity index (χ3n) is 5.10. The summed E-state index contributed by atoms with van der Waals surface area (Å²) in [6.07, 6.45) is 0.812. The monoisotopic (exact) mass is 462 g/mol. The lowest BCUT2D eigenvalue weighted by Gasteiger charge is -2.29. The van der Waals surface area contributed by atoms with Crippen molar-refractivity contribution in [3.63, 3.8) is 0 Å². The van der Waals surface area contributed by atoms with Gasteiger partial charge >= 0.3 is 6.18 Å². The maximum atomic E-state index is 12.7. The van der Waals surface area contributed by atoms with Gasteiger partial charge in [0.05, 0.1) is 35.9 Å². The zero-order valence-electron chi connectivity index (χ0n) is 17.3. The molecule has 3 aromatic heterocycles. The fourth-order valence-corrected chi connectivity index (χ4v) is 3.45. The first-order valence-electron chi connectivity index (χ1n) is 10.1. The third-order valence-corrected chi connectivity index (χ3v) is 5.10. The first-order valence-corrected chi connectivity index (χ1v) is 10.1. The number of nitrogens with one attached hydrogen (secondary N) is 2. The first-order chi connectivity index (χ1) is 15.7. The number of nitrogen functional groups attached to an aromatic ring is 1. The zero-order chi connectivity index (χ0) is 23.6. The number of carbonyl (C=O) groups excluding carboxylic acids is 1. The quantitative estimate of drug-likeness (QED) is 0.440. The van der Waals surface area contributed by atoms with E-state index in [9.17, 15) is 23.1 Å². The van der Waals surface area contributed by atoms with Gasteiger partial charge in [-0.3, -0.25) is 14.5 Å². The molecule has 10 nitrogen and oxygen atoms in total. The number of nitrogens with zero attached hydrogens (tertiary/aromatic N) is 5. The van der Waals surface area contributed by atoms with Gasteiger partial charge in [-0.2, -0.15) is 18.3 Å². The zero-order valence-corrected chi connectivity index (χ0v) is 17.3. The number of hydrogen-bond acceptors (Lipinski definition) is 8. The van der Waals surface area contributed by atoms with Crippen LogP contribution in [-0.2, 0) is 6.54 Å². The molecule has 174 valence electrons. The highest BCUT2D eigenvalue weighted by atomic mass is 19.4.